The Morgan fingerprint density at radius 3 is 2.33 bits per heavy atom. The molecule has 170 valence electrons. The maximum absolute atomic E-state index is 15.2. The quantitative estimate of drug-likeness (QED) is 0.576. The Labute approximate surface area is 191 Å². The van der Waals surface area contributed by atoms with Crippen LogP contribution in [0.25, 0.3) is 0 Å². The Bertz CT molecular complexity index is 1110. The highest BCUT2D eigenvalue weighted by molar-refractivity contribution is 5.91. The van der Waals surface area contributed by atoms with Crippen LogP contribution in [-0.4, -0.2) is 31.4 Å². The van der Waals surface area contributed by atoms with Crippen molar-refractivity contribution in [2.24, 2.45) is 5.73 Å². The van der Waals surface area contributed by atoms with Crippen LogP contribution in [0.2, 0.25) is 0 Å². The Morgan fingerprint density at radius 1 is 1.06 bits per heavy atom. The van der Waals surface area contributed by atoms with Gasteiger partial charge in [-0.15, -0.1) is 0 Å². The average Bonchev–Trinajstić information content (AvgIpc) is 3.23. The summed E-state index contributed by atoms with van der Waals surface area (Å²) in [5.74, 6) is -0.663. The van der Waals surface area contributed by atoms with Crippen molar-refractivity contribution in [1.29, 1.82) is 0 Å². The molecule has 0 radical (unpaired) electrons. The van der Waals surface area contributed by atoms with E-state index in [-0.39, 0.29) is 31.9 Å². The van der Waals surface area contributed by atoms with Crippen LogP contribution in [0.15, 0.2) is 78.9 Å². The van der Waals surface area contributed by atoms with Crippen molar-refractivity contribution in [2.75, 3.05) is 22.9 Å². The molecule has 2 N–H and O–H groups in total. The number of anilines is 2. The number of nitrogens with two attached hydrogens (primary N) is 1. The second-order valence-electron chi connectivity index (χ2n) is 7.60. The van der Waals surface area contributed by atoms with E-state index in [4.69, 9.17) is 15.2 Å². The molecule has 3 aromatic rings. The number of amides is 2. The largest absolute Gasteiger partial charge is 0.444 e. The van der Waals surface area contributed by atoms with Gasteiger partial charge in [-0.3, -0.25) is 9.80 Å². The summed E-state index contributed by atoms with van der Waals surface area (Å²) in [4.78, 5) is 27.6. The van der Waals surface area contributed by atoms with E-state index >= 15 is 4.39 Å². The molecule has 0 bridgehead atoms. The Hall–Kier alpha value is -3.91. The van der Waals surface area contributed by atoms with Gasteiger partial charge in [0.25, 0.3) is 0 Å². The van der Waals surface area contributed by atoms with E-state index in [1.807, 2.05) is 60.7 Å². The number of ether oxygens (including phenoxy) is 2. The molecule has 1 unspecified atom stereocenters. The molecule has 1 saturated heterocycles. The lowest BCUT2D eigenvalue weighted by Gasteiger charge is -2.24. The van der Waals surface area contributed by atoms with Crippen LogP contribution >= 0.6 is 0 Å². The maximum Gasteiger partial charge on any atom is 0.415 e. The minimum absolute atomic E-state index is 0.0450. The number of carbonyl (C=O) groups is 2. The lowest BCUT2D eigenvalue weighted by Crippen LogP contribution is -2.32. The molecule has 1 aliphatic heterocycles. The number of nitrogens with zero attached hydrogens (tertiary/aromatic N) is 2. The standard InChI is InChI=1S/C25H24FN3O4/c26-22-13-20(28-16-21(14-27)33-25(28)31)11-12-23(22)29(15-18-7-3-1-4-8-18)24(30)32-17-19-9-5-2-6-10-19/h1-13,21H,14-17,27H2. The number of cyclic esters (lactones) is 1. The third-order valence-electron chi connectivity index (χ3n) is 5.28. The molecule has 7 nitrogen and oxygen atoms in total. The highest BCUT2D eigenvalue weighted by Gasteiger charge is 2.32. The average molecular weight is 449 g/mol. The van der Waals surface area contributed by atoms with Gasteiger partial charge in [-0.25, -0.2) is 14.0 Å². The number of carbonyl (C=O) groups excluding carboxylic acids is 2. The van der Waals surface area contributed by atoms with Crippen LogP contribution in [0.4, 0.5) is 25.4 Å². The van der Waals surface area contributed by atoms with E-state index in [1.54, 1.807) is 6.07 Å². The Morgan fingerprint density at radius 2 is 1.73 bits per heavy atom. The predicted octanol–water partition coefficient (Wildman–Crippen LogP) is 4.45. The van der Waals surface area contributed by atoms with E-state index in [1.165, 1.54) is 21.9 Å². The van der Waals surface area contributed by atoms with Crippen LogP contribution in [0.1, 0.15) is 11.1 Å². The van der Waals surface area contributed by atoms with Gasteiger partial charge in [-0.1, -0.05) is 60.7 Å². The zero-order valence-corrected chi connectivity index (χ0v) is 17.9. The number of hydrogen-bond donors (Lipinski definition) is 1. The van der Waals surface area contributed by atoms with E-state index in [2.05, 4.69) is 0 Å². The topological polar surface area (TPSA) is 85.1 Å². The number of benzene rings is 3. The third kappa shape index (κ3) is 5.30. The smallest absolute Gasteiger partial charge is 0.415 e. The molecule has 8 heteroatoms. The van der Waals surface area contributed by atoms with Gasteiger partial charge in [-0.2, -0.15) is 0 Å². The fraction of sp³-hybridized carbons (Fsp3) is 0.200. The minimum atomic E-state index is -0.682. The molecule has 1 heterocycles. The van der Waals surface area contributed by atoms with Gasteiger partial charge < -0.3 is 15.2 Å². The first-order valence-electron chi connectivity index (χ1n) is 10.5. The van der Waals surface area contributed by atoms with E-state index in [0.29, 0.717) is 5.69 Å². The summed E-state index contributed by atoms with van der Waals surface area (Å²) in [6, 6.07) is 22.7. The third-order valence-corrected chi connectivity index (χ3v) is 5.28. The highest BCUT2D eigenvalue weighted by atomic mass is 19.1. The number of halogens is 1. The maximum atomic E-state index is 15.2. The molecule has 1 aliphatic rings. The molecular weight excluding hydrogens is 425 g/mol. The zero-order valence-electron chi connectivity index (χ0n) is 17.9. The van der Waals surface area contributed by atoms with Crippen LogP contribution in [0.3, 0.4) is 0 Å². The first kappa shape index (κ1) is 22.3. The lowest BCUT2D eigenvalue weighted by atomic mass is 10.2. The monoisotopic (exact) mass is 449 g/mol. The number of rotatable bonds is 7. The summed E-state index contributed by atoms with van der Waals surface area (Å²) < 4.78 is 25.8. The molecule has 0 aromatic heterocycles. The second kappa shape index (κ2) is 10.1. The van der Waals surface area contributed by atoms with Crippen molar-refractivity contribution in [3.8, 4) is 0 Å². The first-order valence-corrected chi connectivity index (χ1v) is 10.5. The fourth-order valence-electron chi connectivity index (χ4n) is 3.55. The molecule has 0 saturated carbocycles. The second-order valence-corrected chi connectivity index (χ2v) is 7.60. The van der Waals surface area contributed by atoms with Gasteiger partial charge in [0.05, 0.1) is 24.5 Å². The SMILES string of the molecule is NCC1CN(c2ccc(N(Cc3ccccc3)C(=O)OCc3ccccc3)c(F)c2)C(=O)O1. The lowest BCUT2D eigenvalue weighted by molar-refractivity contribution is 0.144. The van der Waals surface area contributed by atoms with Gasteiger partial charge in [-0.05, 0) is 29.3 Å². The molecule has 1 atom stereocenters. The normalized spacial score (nSPS) is 15.3. The van der Waals surface area contributed by atoms with Crippen molar-refractivity contribution in [3.05, 3.63) is 95.8 Å². The van der Waals surface area contributed by atoms with Gasteiger partial charge in [0, 0.05) is 6.54 Å². The summed E-state index contributed by atoms with van der Waals surface area (Å²) >= 11 is 0. The molecule has 33 heavy (non-hydrogen) atoms. The molecule has 1 fully saturated rings. The molecule has 3 aromatic carbocycles. The number of hydrogen-bond acceptors (Lipinski definition) is 5. The predicted molar refractivity (Wildman–Crippen MR) is 122 cm³/mol. The summed E-state index contributed by atoms with van der Waals surface area (Å²) in [5.41, 5.74) is 7.58. The first-order chi connectivity index (χ1) is 16.0. The van der Waals surface area contributed by atoms with Crippen LogP contribution in [0, 0.1) is 5.82 Å². The zero-order chi connectivity index (χ0) is 23.2. The van der Waals surface area contributed by atoms with Crippen molar-refractivity contribution in [3.63, 3.8) is 0 Å². The van der Waals surface area contributed by atoms with Crippen LogP contribution in [0.5, 0.6) is 0 Å². The van der Waals surface area contributed by atoms with Crippen molar-refractivity contribution in [2.45, 2.75) is 19.3 Å². The van der Waals surface area contributed by atoms with Crippen molar-refractivity contribution in [1.82, 2.24) is 0 Å². The fourth-order valence-corrected chi connectivity index (χ4v) is 3.55. The summed E-state index contributed by atoms with van der Waals surface area (Å²) in [7, 11) is 0. The van der Waals surface area contributed by atoms with Gasteiger partial charge in [0.15, 0.2) is 0 Å². The highest BCUT2D eigenvalue weighted by Crippen LogP contribution is 2.29. The van der Waals surface area contributed by atoms with E-state index in [9.17, 15) is 9.59 Å². The van der Waals surface area contributed by atoms with Gasteiger partial charge in [0.1, 0.15) is 18.5 Å². The van der Waals surface area contributed by atoms with E-state index in [0.717, 1.165) is 11.1 Å². The van der Waals surface area contributed by atoms with Crippen molar-refractivity contribution < 1.29 is 23.5 Å². The summed E-state index contributed by atoms with van der Waals surface area (Å²) in [6.45, 7) is 0.596. The molecule has 0 spiro atoms. The molecular formula is C25H24FN3O4. The minimum Gasteiger partial charge on any atom is -0.444 e. The van der Waals surface area contributed by atoms with Crippen LogP contribution in [-0.2, 0) is 22.6 Å². The molecule has 0 aliphatic carbocycles. The van der Waals surface area contributed by atoms with Gasteiger partial charge in [0.2, 0.25) is 0 Å². The Kier molecular flexibility index (Phi) is 6.85. The molecule has 4 rings (SSSR count). The Balaban J connectivity index is 1.58. The molecule has 2 amide bonds. The van der Waals surface area contributed by atoms with E-state index < -0.39 is 24.1 Å². The van der Waals surface area contributed by atoms with Crippen LogP contribution < -0.4 is 15.5 Å². The summed E-state index contributed by atoms with van der Waals surface area (Å²) in [5, 5.41) is 0. The summed E-state index contributed by atoms with van der Waals surface area (Å²) in [6.07, 6.45) is -1.71. The van der Waals surface area contributed by atoms with Crippen molar-refractivity contribution >= 4 is 23.6 Å². The van der Waals surface area contributed by atoms with Gasteiger partial charge >= 0.3 is 12.2 Å².